The number of hydrogen-bond donors (Lipinski definition) is 2. The number of nitrogens with two attached hydrogens (primary N) is 1. The molecule has 1 rings (SSSR count). The summed E-state index contributed by atoms with van der Waals surface area (Å²) in [6.07, 6.45) is -4.61. The molecule has 3 N–H and O–H groups in total. The first-order valence-corrected chi connectivity index (χ1v) is 4.65. The van der Waals surface area contributed by atoms with E-state index in [1.807, 2.05) is 5.32 Å². The predicted molar refractivity (Wildman–Crippen MR) is 52.4 cm³/mol. The van der Waals surface area contributed by atoms with Gasteiger partial charge in [0.05, 0.1) is 5.56 Å². The van der Waals surface area contributed by atoms with Crippen LogP contribution in [0, 0.1) is 5.82 Å². The van der Waals surface area contributed by atoms with E-state index < -0.39 is 35.9 Å². The summed E-state index contributed by atoms with van der Waals surface area (Å²) in [6.45, 7) is -0.558. The zero-order valence-corrected chi connectivity index (χ0v) is 8.84. The van der Waals surface area contributed by atoms with Crippen LogP contribution in [0.15, 0.2) is 18.2 Å². The van der Waals surface area contributed by atoms with Crippen molar-refractivity contribution < 1.29 is 27.2 Å². The van der Waals surface area contributed by atoms with Gasteiger partial charge in [0.1, 0.15) is 5.82 Å². The van der Waals surface area contributed by atoms with Crippen molar-refractivity contribution in [2.45, 2.75) is 12.7 Å². The lowest BCUT2D eigenvalue weighted by Gasteiger charge is -2.10. The van der Waals surface area contributed by atoms with Gasteiger partial charge < -0.3 is 11.1 Å². The second-order valence-electron chi connectivity index (χ2n) is 3.35. The molecule has 0 fully saturated rings. The number of primary amides is 1. The van der Waals surface area contributed by atoms with Crippen molar-refractivity contribution in [1.82, 2.24) is 5.32 Å². The van der Waals surface area contributed by atoms with Gasteiger partial charge in [-0.1, -0.05) is 0 Å². The van der Waals surface area contributed by atoms with Crippen molar-refractivity contribution in [3.8, 4) is 0 Å². The minimum Gasteiger partial charge on any atom is -0.361 e. The molecule has 2 amide bonds. The number of benzene rings is 1. The average molecular weight is 264 g/mol. The Balaban J connectivity index is 2.89. The van der Waals surface area contributed by atoms with E-state index in [0.29, 0.717) is 18.2 Å². The van der Waals surface area contributed by atoms with Crippen LogP contribution < -0.4 is 11.1 Å². The lowest BCUT2D eigenvalue weighted by atomic mass is 10.1. The number of alkyl halides is 3. The van der Waals surface area contributed by atoms with Gasteiger partial charge in [-0.15, -0.1) is 0 Å². The number of rotatable bonds is 2. The molecule has 0 atom stereocenters. The summed E-state index contributed by atoms with van der Waals surface area (Å²) in [5, 5.41) is 1.90. The molecule has 0 aromatic heterocycles. The maximum atomic E-state index is 13.2. The molecule has 1 aromatic rings. The molecule has 98 valence electrons. The van der Waals surface area contributed by atoms with Crippen molar-refractivity contribution >= 4 is 11.8 Å². The smallest absolute Gasteiger partial charge is 0.361 e. The van der Waals surface area contributed by atoms with Crippen LogP contribution in [-0.4, -0.2) is 11.8 Å². The highest BCUT2D eigenvalue weighted by atomic mass is 19.4. The average Bonchev–Trinajstić information content (AvgIpc) is 2.25. The van der Waals surface area contributed by atoms with Gasteiger partial charge in [-0.3, -0.25) is 9.59 Å². The van der Waals surface area contributed by atoms with E-state index in [1.165, 1.54) is 0 Å². The molecule has 0 unspecified atom stereocenters. The molecule has 0 bridgehead atoms. The summed E-state index contributed by atoms with van der Waals surface area (Å²) in [6, 6.07) is 1.76. The fraction of sp³-hybridized carbons (Fsp3) is 0.200. The van der Waals surface area contributed by atoms with Crippen molar-refractivity contribution in [2.75, 3.05) is 0 Å². The van der Waals surface area contributed by atoms with Gasteiger partial charge in [-0.25, -0.2) is 4.39 Å². The van der Waals surface area contributed by atoms with Gasteiger partial charge in [-0.2, -0.15) is 13.2 Å². The molecular weight excluding hydrogens is 256 g/mol. The quantitative estimate of drug-likeness (QED) is 0.616. The Bertz CT molecular complexity index is 485. The molecular formula is C10H8F4N2O2. The van der Waals surface area contributed by atoms with E-state index in [9.17, 15) is 27.2 Å². The highest BCUT2D eigenvalue weighted by molar-refractivity contribution is 6.34. The number of carbonyl (C=O) groups excluding carboxylic acids is 2. The Morgan fingerprint density at radius 1 is 1.28 bits per heavy atom. The Kier molecular flexibility index (Phi) is 3.89. The summed E-state index contributed by atoms with van der Waals surface area (Å²) in [5.74, 6) is -3.43. The van der Waals surface area contributed by atoms with Crippen LogP contribution in [0.5, 0.6) is 0 Å². The molecule has 8 heteroatoms. The molecule has 18 heavy (non-hydrogen) atoms. The number of hydrogen-bond acceptors (Lipinski definition) is 2. The molecule has 0 saturated heterocycles. The van der Waals surface area contributed by atoms with Crippen LogP contribution in [0.1, 0.15) is 11.1 Å². The molecule has 1 aromatic carbocycles. The van der Waals surface area contributed by atoms with Crippen LogP contribution in [0.4, 0.5) is 17.6 Å². The van der Waals surface area contributed by atoms with E-state index in [-0.39, 0.29) is 5.56 Å². The van der Waals surface area contributed by atoms with E-state index in [2.05, 4.69) is 5.73 Å². The highest BCUT2D eigenvalue weighted by Crippen LogP contribution is 2.30. The summed E-state index contributed by atoms with van der Waals surface area (Å²) in [4.78, 5) is 21.1. The van der Waals surface area contributed by atoms with Crippen LogP contribution in [0.25, 0.3) is 0 Å². The minimum atomic E-state index is -4.61. The zero-order chi connectivity index (χ0) is 13.9. The molecule has 0 saturated carbocycles. The maximum absolute atomic E-state index is 13.2. The predicted octanol–water partition coefficient (Wildman–Crippen LogP) is 0.946. The summed E-state index contributed by atoms with van der Waals surface area (Å²) < 4.78 is 50.2. The van der Waals surface area contributed by atoms with Gasteiger partial charge in [0, 0.05) is 12.1 Å². The van der Waals surface area contributed by atoms with Gasteiger partial charge in [-0.05, 0) is 18.2 Å². The van der Waals surface area contributed by atoms with Crippen molar-refractivity contribution in [1.29, 1.82) is 0 Å². The van der Waals surface area contributed by atoms with Crippen LogP contribution in [0.2, 0.25) is 0 Å². The SMILES string of the molecule is NC(=O)C(=O)NCc1cc(C(F)(F)F)ccc1F. The fourth-order valence-corrected chi connectivity index (χ4v) is 1.15. The first-order chi connectivity index (χ1) is 8.21. The van der Waals surface area contributed by atoms with E-state index in [4.69, 9.17) is 0 Å². The second-order valence-corrected chi connectivity index (χ2v) is 3.35. The Hall–Kier alpha value is -2.12. The third-order valence-corrected chi connectivity index (χ3v) is 2.04. The lowest BCUT2D eigenvalue weighted by Crippen LogP contribution is -2.35. The van der Waals surface area contributed by atoms with Crippen LogP contribution in [-0.2, 0) is 22.3 Å². The molecule has 0 spiro atoms. The summed E-state index contributed by atoms with van der Waals surface area (Å²) >= 11 is 0. The number of carbonyl (C=O) groups is 2. The van der Waals surface area contributed by atoms with Crippen molar-refractivity contribution in [3.05, 3.63) is 35.1 Å². The van der Waals surface area contributed by atoms with E-state index in [1.54, 1.807) is 0 Å². The van der Waals surface area contributed by atoms with Gasteiger partial charge in [0.2, 0.25) is 0 Å². The molecule has 0 heterocycles. The second kappa shape index (κ2) is 5.03. The standard InChI is InChI=1S/C10H8F4N2O2/c11-7-2-1-6(10(12,13)14)3-5(7)4-16-9(18)8(15)17/h1-3H,4H2,(H2,15,17)(H,16,18). The molecule has 0 radical (unpaired) electrons. The third kappa shape index (κ3) is 3.44. The van der Waals surface area contributed by atoms with Crippen molar-refractivity contribution in [2.24, 2.45) is 5.73 Å². The summed E-state index contributed by atoms with van der Waals surface area (Å²) in [7, 11) is 0. The third-order valence-electron chi connectivity index (χ3n) is 2.04. The maximum Gasteiger partial charge on any atom is 0.416 e. The number of amides is 2. The number of nitrogens with one attached hydrogen (secondary N) is 1. The monoisotopic (exact) mass is 264 g/mol. The van der Waals surface area contributed by atoms with Crippen LogP contribution >= 0.6 is 0 Å². The lowest BCUT2D eigenvalue weighted by molar-refractivity contribution is -0.137. The topological polar surface area (TPSA) is 72.2 Å². The van der Waals surface area contributed by atoms with E-state index in [0.717, 1.165) is 0 Å². The minimum absolute atomic E-state index is 0.389. The Labute approximate surface area is 98.8 Å². The summed E-state index contributed by atoms with van der Waals surface area (Å²) in [5.41, 5.74) is 3.17. The first-order valence-electron chi connectivity index (χ1n) is 4.65. The molecule has 4 nitrogen and oxygen atoms in total. The normalized spacial score (nSPS) is 11.1. The zero-order valence-electron chi connectivity index (χ0n) is 8.84. The van der Waals surface area contributed by atoms with Crippen LogP contribution in [0.3, 0.4) is 0 Å². The first kappa shape index (κ1) is 13.9. The molecule has 0 aliphatic rings. The van der Waals surface area contributed by atoms with Gasteiger partial charge in [0.25, 0.3) is 0 Å². The molecule has 0 aliphatic carbocycles. The molecule has 0 aliphatic heterocycles. The Morgan fingerprint density at radius 3 is 2.39 bits per heavy atom. The van der Waals surface area contributed by atoms with E-state index >= 15 is 0 Å². The largest absolute Gasteiger partial charge is 0.416 e. The highest BCUT2D eigenvalue weighted by Gasteiger charge is 2.31. The fourth-order valence-electron chi connectivity index (χ4n) is 1.15. The van der Waals surface area contributed by atoms with Crippen molar-refractivity contribution in [3.63, 3.8) is 0 Å². The van der Waals surface area contributed by atoms with Gasteiger partial charge >= 0.3 is 18.0 Å². The number of halogens is 4. The van der Waals surface area contributed by atoms with Gasteiger partial charge in [0.15, 0.2) is 0 Å². The Morgan fingerprint density at radius 2 is 1.89 bits per heavy atom.